The Kier molecular flexibility index (Phi) is 4.62. The lowest BCUT2D eigenvalue weighted by Gasteiger charge is -2.15. The highest BCUT2D eigenvalue weighted by Gasteiger charge is 2.11. The van der Waals surface area contributed by atoms with Crippen LogP contribution in [0.2, 0.25) is 0 Å². The third-order valence-electron chi connectivity index (χ3n) is 2.58. The van der Waals surface area contributed by atoms with Gasteiger partial charge in [0, 0.05) is 12.0 Å². The van der Waals surface area contributed by atoms with Crippen molar-refractivity contribution >= 4 is 0 Å². The van der Waals surface area contributed by atoms with Crippen molar-refractivity contribution in [3.05, 3.63) is 23.3 Å². The molecule has 0 saturated heterocycles. The fourth-order valence-electron chi connectivity index (χ4n) is 1.78. The van der Waals surface area contributed by atoms with Gasteiger partial charge in [-0.2, -0.15) is 0 Å². The molecule has 0 aromatic heterocycles. The first-order chi connectivity index (χ1) is 7.62. The molecule has 1 rings (SSSR count). The summed E-state index contributed by atoms with van der Waals surface area (Å²) in [6.07, 6.45) is 1.09. The summed E-state index contributed by atoms with van der Waals surface area (Å²) in [6, 6.07) is 3.93. The van der Waals surface area contributed by atoms with E-state index in [1.807, 2.05) is 12.1 Å². The SMILES string of the molecule is CCc1cc(OC)c(CC(C)O)cc1OC. The Morgan fingerprint density at radius 3 is 2.06 bits per heavy atom. The van der Waals surface area contributed by atoms with Crippen molar-refractivity contribution in [2.75, 3.05) is 14.2 Å². The van der Waals surface area contributed by atoms with Gasteiger partial charge in [-0.25, -0.2) is 0 Å². The Labute approximate surface area is 97.0 Å². The first kappa shape index (κ1) is 12.8. The highest BCUT2D eigenvalue weighted by atomic mass is 16.5. The van der Waals surface area contributed by atoms with Crippen LogP contribution in [-0.2, 0) is 12.8 Å². The summed E-state index contributed by atoms with van der Waals surface area (Å²) >= 11 is 0. The quantitative estimate of drug-likeness (QED) is 0.833. The van der Waals surface area contributed by atoms with Crippen LogP contribution in [0.1, 0.15) is 25.0 Å². The summed E-state index contributed by atoms with van der Waals surface area (Å²) in [5.41, 5.74) is 2.10. The van der Waals surface area contributed by atoms with Crippen LogP contribution in [0.25, 0.3) is 0 Å². The maximum absolute atomic E-state index is 9.42. The molecular weight excluding hydrogens is 204 g/mol. The van der Waals surface area contributed by atoms with E-state index in [1.54, 1.807) is 21.1 Å². The van der Waals surface area contributed by atoms with E-state index < -0.39 is 0 Å². The fraction of sp³-hybridized carbons (Fsp3) is 0.538. The van der Waals surface area contributed by atoms with Crippen LogP contribution < -0.4 is 9.47 Å². The molecule has 0 amide bonds. The number of rotatable bonds is 5. The second-order valence-corrected chi connectivity index (χ2v) is 3.88. The van der Waals surface area contributed by atoms with Gasteiger partial charge < -0.3 is 14.6 Å². The van der Waals surface area contributed by atoms with Gasteiger partial charge in [0.2, 0.25) is 0 Å². The summed E-state index contributed by atoms with van der Waals surface area (Å²) in [4.78, 5) is 0. The van der Waals surface area contributed by atoms with E-state index in [4.69, 9.17) is 9.47 Å². The van der Waals surface area contributed by atoms with Gasteiger partial charge in [-0.05, 0) is 31.0 Å². The highest BCUT2D eigenvalue weighted by molar-refractivity contribution is 5.46. The monoisotopic (exact) mass is 224 g/mol. The molecule has 0 heterocycles. The molecule has 0 aliphatic carbocycles. The molecule has 16 heavy (non-hydrogen) atoms. The maximum Gasteiger partial charge on any atom is 0.122 e. The number of aryl methyl sites for hydroxylation is 1. The summed E-state index contributed by atoms with van der Waals surface area (Å²) in [7, 11) is 3.31. The van der Waals surface area contributed by atoms with Crippen LogP contribution in [0.15, 0.2) is 12.1 Å². The molecule has 1 atom stereocenters. The summed E-state index contributed by atoms with van der Waals surface area (Å²) in [5.74, 6) is 1.68. The van der Waals surface area contributed by atoms with Gasteiger partial charge in [0.05, 0.1) is 20.3 Å². The van der Waals surface area contributed by atoms with Crippen molar-refractivity contribution in [1.82, 2.24) is 0 Å². The molecule has 3 heteroatoms. The van der Waals surface area contributed by atoms with E-state index in [2.05, 4.69) is 6.92 Å². The topological polar surface area (TPSA) is 38.7 Å². The van der Waals surface area contributed by atoms with Crippen molar-refractivity contribution in [1.29, 1.82) is 0 Å². The largest absolute Gasteiger partial charge is 0.496 e. The normalized spacial score (nSPS) is 12.3. The standard InChI is InChI=1S/C13H20O3/c1-5-10-7-13(16-4)11(6-9(2)14)8-12(10)15-3/h7-9,14H,5-6H2,1-4H3. The Hall–Kier alpha value is -1.22. The van der Waals surface area contributed by atoms with Crippen LogP contribution in [-0.4, -0.2) is 25.4 Å². The van der Waals surface area contributed by atoms with Crippen molar-refractivity contribution in [2.45, 2.75) is 32.8 Å². The van der Waals surface area contributed by atoms with Crippen molar-refractivity contribution in [3.63, 3.8) is 0 Å². The summed E-state index contributed by atoms with van der Waals surface area (Å²) < 4.78 is 10.6. The summed E-state index contributed by atoms with van der Waals surface area (Å²) in [5, 5.41) is 9.42. The molecule has 0 spiro atoms. The smallest absolute Gasteiger partial charge is 0.122 e. The van der Waals surface area contributed by atoms with E-state index in [9.17, 15) is 5.11 Å². The van der Waals surface area contributed by atoms with Crippen LogP contribution >= 0.6 is 0 Å². The third kappa shape index (κ3) is 2.89. The predicted molar refractivity (Wildman–Crippen MR) is 64.3 cm³/mol. The molecule has 3 nitrogen and oxygen atoms in total. The molecule has 1 aromatic rings. The Bertz CT molecular complexity index is 345. The van der Waals surface area contributed by atoms with E-state index in [-0.39, 0.29) is 6.10 Å². The Morgan fingerprint density at radius 2 is 1.62 bits per heavy atom. The molecule has 0 fully saturated rings. The number of benzene rings is 1. The van der Waals surface area contributed by atoms with Gasteiger partial charge in [0.25, 0.3) is 0 Å². The van der Waals surface area contributed by atoms with Gasteiger partial charge in [0.15, 0.2) is 0 Å². The molecule has 1 unspecified atom stereocenters. The molecular formula is C13H20O3. The number of methoxy groups -OCH3 is 2. The molecule has 0 aliphatic heterocycles. The lowest BCUT2D eigenvalue weighted by molar-refractivity contribution is 0.194. The van der Waals surface area contributed by atoms with Crippen molar-refractivity contribution < 1.29 is 14.6 Å². The van der Waals surface area contributed by atoms with Gasteiger partial charge in [-0.15, -0.1) is 0 Å². The van der Waals surface area contributed by atoms with E-state index in [1.165, 1.54) is 0 Å². The van der Waals surface area contributed by atoms with E-state index in [0.717, 1.165) is 29.0 Å². The molecule has 1 aromatic carbocycles. The Morgan fingerprint density at radius 1 is 1.12 bits per heavy atom. The average Bonchev–Trinajstić information content (AvgIpc) is 2.27. The molecule has 0 radical (unpaired) electrons. The third-order valence-corrected chi connectivity index (χ3v) is 2.58. The minimum atomic E-state index is -0.383. The van der Waals surface area contributed by atoms with Crippen molar-refractivity contribution in [2.24, 2.45) is 0 Å². The number of aliphatic hydroxyl groups excluding tert-OH is 1. The molecule has 1 N–H and O–H groups in total. The second-order valence-electron chi connectivity index (χ2n) is 3.88. The maximum atomic E-state index is 9.42. The lowest BCUT2D eigenvalue weighted by atomic mass is 10.0. The van der Waals surface area contributed by atoms with Crippen LogP contribution in [0.5, 0.6) is 11.5 Å². The number of ether oxygens (including phenoxy) is 2. The van der Waals surface area contributed by atoms with E-state index >= 15 is 0 Å². The Balaban J connectivity index is 3.15. The minimum Gasteiger partial charge on any atom is -0.496 e. The average molecular weight is 224 g/mol. The van der Waals surface area contributed by atoms with Crippen LogP contribution in [0, 0.1) is 0 Å². The van der Waals surface area contributed by atoms with Crippen LogP contribution in [0.3, 0.4) is 0 Å². The zero-order valence-corrected chi connectivity index (χ0v) is 10.4. The van der Waals surface area contributed by atoms with Gasteiger partial charge >= 0.3 is 0 Å². The first-order valence-corrected chi connectivity index (χ1v) is 5.54. The number of hydrogen-bond acceptors (Lipinski definition) is 3. The fourth-order valence-corrected chi connectivity index (χ4v) is 1.78. The number of aliphatic hydroxyl groups is 1. The number of hydrogen-bond donors (Lipinski definition) is 1. The predicted octanol–water partition coefficient (Wildman–Crippen LogP) is 2.19. The molecule has 0 aliphatic rings. The lowest BCUT2D eigenvalue weighted by Crippen LogP contribution is -2.07. The zero-order chi connectivity index (χ0) is 12.1. The van der Waals surface area contributed by atoms with Gasteiger partial charge in [-0.1, -0.05) is 6.92 Å². The van der Waals surface area contributed by atoms with Crippen molar-refractivity contribution in [3.8, 4) is 11.5 Å². The summed E-state index contributed by atoms with van der Waals surface area (Å²) in [6.45, 7) is 3.84. The molecule has 0 saturated carbocycles. The highest BCUT2D eigenvalue weighted by Crippen LogP contribution is 2.30. The van der Waals surface area contributed by atoms with Gasteiger partial charge in [0.1, 0.15) is 11.5 Å². The minimum absolute atomic E-state index is 0.383. The van der Waals surface area contributed by atoms with Gasteiger partial charge in [-0.3, -0.25) is 0 Å². The molecule has 90 valence electrons. The first-order valence-electron chi connectivity index (χ1n) is 5.54. The second kappa shape index (κ2) is 5.75. The van der Waals surface area contributed by atoms with E-state index in [0.29, 0.717) is 6.42 Å². The zero-order valence-electron chi connectivity index (χ0n) is 10.4. The molecule has 0 bridgehead atoms. The van der Waals surface area contributed by atoms with Crippen LogP contribution in [0.4, 0.5) is 0 Å².